The van der Waals surface area contributed by atoms with E-state index in [4.69, 9.17) is 14.4 Å². The summed E-state index contributed by atoms with van der Waals surface area (Å²) in [5.74, 6) is 0.482. The zero-order valence-electron chi connectivity index (χ0n) is 20.1. The second-order valence-electron chi connectivity index (χ2n) is 9.36. The number of aromatic nitrogens is 3. The van der Waals surface area contributed by atoms with Gasteiger partial charge < -0.3 is 4.42 Å². The van der Waals surface area contributed by atoms with Crippen LogP contribution in [0.2, 0.25) is 0 Å². The van der Waals surface area contributed by atoms with Crippen LogP contribution in [-0.2, 0) is 0 Å². The van der Waals surface area contributed by atoms with Gasteiger partial charge in [0, 0.05) is 26.9 Å². The molecule has 0 N–H and O–H groups in total. The van der Waals surface area contributed by atoms with E-state index in [-0.39, 0.29) is 0 Å². The standard InChI is InChI=1S/C33H18N4O/c34-19-27-24-9-1-4-12-26(24)35-33(36-27)37-28-13-5-2-8-22(28)23-17-16-20(18-29(23)37)21-11-7-15-31-32(21)25-10-3-6-14-30(25)38-31/h1-18H. The Hall–Kier alpha value is -5.47. The molecule has 0 atom stereocenters. The van der Waals surface area contributed by atoms with Crippen LogP contribution in [0.5, 0.6) is 0 Å². The Morgan fingerprint density at radius 2 is 1.37 bits per heavy atom. The lowest BCUT2D eigenvalue weighted by atomic mass is 9.98. The van der Waals surface area contributed by atoms with E-state index >= 15 is 0 Å². The lowest BCUT2D eigenvalue weighted by Gasteiger charge is -2.10. The number of hydrogen-bond donors (Lipinski definition) is 0. The van der Waals surface area contributed by atoms with Gasteiger partial charge in [-0.15, -0.1) is 0 Å². The molecule has 3 aromatic heterocycles. The molecule has 0 bridgehead atoms. The largest absolute Gasteiger partial charge is 0.456 e. The summed E-state index contributed by atoms with van der Waals surface area (Å²) in [5, 5.41) is 15.0. The second-order valence-corrected chi connectivity index (χ2v) is 9.36. The number of nitriles is 1. The van der Waals surface area contributed by atoms with Crippen molar-refractivity contribution < 1.29 is 4.42 Å². The molecule has 0 radical (unpaired) electrons. The van der Waals surface area contributed by atoms with Gasteiger partial charge in [-0.05, 0) is 47.5 Å². The average molecular weight is 487 g/mol. The van der Waals surface area contributed by atoms with Crippen molar-refractivity contribution in [3.05, 3.63) is 115 Å². The molecule has 0 saturated heterocycles. The smallest absolute Gasteiger partial charge is 0.236 e. The predicted octanol–water partition coefficient (Wildman–Crippen LogP) is 8.16. The van der Waals surface area contributed by atoms with Crippen LogP contribution in [0.25, 0.3) is 71.7 Å². The molecule has 5 aromatic carbocycles. The zero-order chi connectivity index (χ0) is 25.2. The molecule has 0 aliphatic carbocycles. The first-order valence-electron chi connectivity index (χ1n) is 12.4. The predicted molar refractivity (Wildman–Crippen MR) is 151 cm³/mol. The molecule has 0 aliphatic heterocycles. The number of furan rings is 1. The van der Waals surface area contributed by atoms with Gasteiger partial charge in [-0.2, -0.15) is 5.26 Å². The number of para-hydroxylation sites is 3. The summed E-state index contributed by atoms with van der Waals surface area (Å²) in [5.41, 5.74) is 6.98. The molecule has 0 fully saturated rings. The Morgan fingerprint density at radius 3 is 2.26 bits per heavy atom. The molecule has 176 valence electrons. The summed E-state index contributed by atoms with van der Waals surface area (Å²) >= 11 is 0. The highest BCUT2D eigenvalue weighted by Gasteiger charge is 2.18. The van der Waals surface area contributed by atoms with E-state index in [0.717, 1.165) is 65.8 Å². The van der Waals surface area contributed by atoms with E-state index in [1.54, 1.807) is 0 Å². The Morgan fingerprint density at radius 1 is 0.632 bits per heavy atom. The Bertz CT molecular complexity index is 2270. The molecule has 5 nitrogen and oxygen atoms in total. The summed E-state index contributed by atoms with van der Waals surface area (Å²) < 4.78 is 8.22. The number of hydrogen-bond acceptors (Lipinski definition) is 4. The molecule has 0 spiro atoms. The number of nitrogens with zero attached hydrogens (tertiary/aromatic N) is 4. The molecule has 0 unspecified atom stereocenters. The summed E-state index contributed by atoms with van der Waals surface area (Å²) in [7, 11) is 0. The van der Waals surface area contributed by atoms with Crippen molar-refractivity contribution in [3.8, 4) is 23.1 Å². The van der Waals surface area contributed by atoms with Gasteiger partial charge in [0.1, 0.15) is 17.2 Å². The van der Waals surface area contributed by atoms with Crippen LogP contribution in [0.15, 0.2) is 114 Å². The van der Waals surface area contributed by atoms with E-state index in [0.29, 0.717) is 11.6 Å². The first-order valence-corrected chi connectivity index (χ1v) is 12.4. The van der Waals surface area contributed by atoms with Gasteiger partial charge in [-0.1, -0.05) is 72.8 Å². The number of benzene rings is 5. The molecular formula is C33H18N4O. The second kappa shape index (κ2) is 7.76. The SMILES string of the molecule is N#Cc1nc(-n2c3ccccc3c3ccc(-c4cccc5oc6ccccc6c45)cc32)nc2ccccc12. The van der Waals surface area contributed by atoms with Crippen molar-refractivity contribution >= 4 is 54.6 Å². The van der Waals surface area contributed by atoms with E-state index in [1.807, 2.05) is 66.7 Å². The van der Waals surface area contributed by atoms with E-state index in [2.05, 4.69) is 53.1 Å². The molecule has 5 heteroatoms. The molecule has 0 aliphatic rings. The van der Waals surface area contributed by atoms with Crippen LogP contribution in [0.1, 0.15) is 5.69 Å². The maximum atomic E-state index is 9.89. The summed E-state index contributed by atoms with van der Waals surface area (Å²) in [6, 6.07) is 39.0. The maximum Gasteiger partial charge on any atom is 0.236 e. The van der Waals surface area contributed by atoms with Crippen molar-refractivity contribution in [2.24, 2.45) is 0 Å². The van der Waals surface area contributed by atoms with Crippen molar-refractivity contribution in [2.45, 2.75) is 0 Å². The van der Waals surface area contributed by atoms with Gasteiger partial charge in [-0.25, -0.2) is 9.97 Å². The molecule has 8 aromatic rings. The summed E-state index contributed by atoms with van der Waals surface area (Å²) in [4.78, 5) is 9.62. The van der Waals surface area contributed by atoms with Gasteiger partial charge in [0.25, 0.3) is 0 Å². The first-order chi connectivity index (χ1) is 18.8. The van der Waals surface area contributed by atoms with Gasteiger partial charge in [0.15, 0.2) is 5.69 Å². The Labute approximate surface area is 216 Å². The van der Waals surface area contributed by atoms with Crippen LogP contribution in [0, 0.1) is 11.3 Å². The van der Waals surface area contributed by atoms with Crippen molar-refractivity contribution in [1.82, 2.24) is 14.5 Å². The van der Waals surface area contributed by atoms with Crippen molar-refractivity contribution in [3.63, 3.8) is 0 Å². The van der Waals surface area contributed by atoms with Crippen molar-refractivity contribution in [2.75, 3.05) is 0 Å². The third kappa shape index (κ3) is 2.86. The maximum absolute atomic E-state index is 9.89. The average Bonchev–Trinajstić information content (AvgIpc) is 3.52. The molecule has 0 saturated carbocycles. The molecular weight excluding hydrogens is 468 g/mol. The van der Waals surface area contributed by atoms with Crippen LogP contribution in [0.4, 0.5) is 0 Å². The van der Waals surface area contributed by atoms with Gasteiger partial charge in [0.2, 0.25) is 5.95 Å². The molecule has 3 heterocycles. The normalized spacial score (nSPS) is 11.7. The van der Waals surface area contributed by atoms with Crippen LogP contribution in [-0.4, -0.2) is 14.5 Å². The summed E-state index contributed by atoms with van der Waals surface area (Å²) in [6.45, 7) is 0. The fraction of sp³-hybridized carbons (Fsp3) is 0. The molecule has 38 heavy (non-hydrogen) atoms. The number of rotatable bonds is 2. The van der Waals surface area contributed by atoms with E-state index < -0.39 is 0 Å². The van der Waals surface area contributed by atoms with Crippen LogP contribution >= 0.6 is 0 Å². The third-order valence-corrected chi connectivity index (χ3v) is 7.28. The lowest BCUT2D eigenvalue weighted by Crippen LogP contribution is -2.03. The minimum atomic E-state index is 0.363. The van der Waals surface area contributed by atoms with E-state index in [1.165, 1.54) is 0 Å². The molecule has 0 amide bonds. The van der Waals surface area contributed by atoms with Gasteiger partial charge in [-0.3, -0.25) is 4.57 Å². The fourth-order valence-electron chi connectivity index (χ4n) is 5.62. The Kier molecular flexibility index (Phi) is 4.23. The first kappa shape index (κ1) is 20.7. The monoisotopic (exact) mass is 486 g/mol. The summed E-state index contributed by atoms with van der Waals surface area (Å²) in [6.07, 6.45) is 0. The van der Waals surface area contributed by atoms with Crippen molar-refractivity contribution in [1.29, 1.82) is 5.26 Å². The minimum absolute atomic E-state index is 0.363. The third-order valence-electron chi connectivity index (χ3n) is 7.28. The highest BCUT2D eigenvalue weighted by molar-refractivity contribution is 6.14. The van der Waals surface area contributed by atoms with Crippen LogP contribution in [0.3, 0.4) is 0 Å². The minimum Gasteiger partial charge on any atom is -0.456 e. The fourth-order valence-corrected chi connectivity index (χ4v) is 5.62. The lowest BCUT2D eigenvalue weighted by molar-refractivity contribution is 0.669. The highest BCUT2D eigenvalue weighted by Crippen LogP contribution is 2.39. The van der Waals surface area contributed by atoms with Crippen LogP contribution < -0.4 is 0 Å². The quantitative estimate of drug-likeness (QED) is 0.247. The topological polar surface area (TPSA) is 67.6 Å². The molecule has 8 rings (SSSR count). The number of fused-ring (bicyclic) bond motifs is 7. The Balaban J connectivity index is 1.47. The van der Waals surface area contributed by atoms with E-state index in [9.17, 15) is 5.26 Å². The zero-order valence-corrected chi connectivity index (χ0v) is 20.1. The van der Waals surface area contributed by atoms with Gasteiger partial charge >= 0.3 is 0 Å². The highest BCUT2D eigenvalue weighted by atomic mass is 16.3. The van der Waals surface area contributed by atoms with Gasteiger partial charge in [0.05, 0.1) is 16.6 Å².